The Labute approximate surface area is 211 Å². The van der Waals surface area contributed by atoms with E-state index in [1.54, 1.807) is 6.92 Å². The van der Waals surface area contributed by atoms with E-state index in [0.717, 1.165) is 37.2 Å². The summed E-state index contributed by atoms with van der Waals surface area (Å²) < 4.78 is 11.2. The van der Waals surface area contributed by atoms with Crippen LogP contribution in [0.5, 0.6) is 0 Å². The molecule has 0 atom stereocenters. The molecular formula is C26H32Cl2N2O4. The van der Waals surface area contributed by atoms with Crippen molar-refractivity contribution < 1.29 is 19.1 Å². The average molecular weight is 507 g/mol. The molecule has 1 aliphatic rings. The van der Waals surface area contributed by atoms with Crippen LogP contribution in [-0.2, 0) is 19.1 Å². The summed E-state index contributed by atoms with van der Waals surface area (Å²) in [7, 11) is 0. The highest BCUT2D eigenvalue weighted by molar-refractivity contribution is 6.30. The lowest BCUT2D eigenvalue weighted by atomic mass is 10.0. The van der Waals surface area contributed by atoms with Gasteiger partial charge in [0.1, 0.15) is 6.10 Å². The van der Waals surface area contributed by atoms with Crippen molar-refractivity contribution in [3.05, 3.63) is 69.7 Å². The lowest BCUT2D eigenvalue weighted by Gasteiger charge is -2.34. The molecule has 34 heavy (non-hydrogen) atoms. The van der Waals surface area contributed by atoms with Gasteiger partial charge < -0.3 is 14.4 Å². The molecule has 184 valence electrons. The van der Waals surface area contributed by atoms with Crippen LogP contribution in [0, 0.1) is 0 Å². The lowest BCUT2D eigenvalue weighted by Crippen LogP contribution is -2.49. The fraction of sp³-hybridized carbons (Fsp3) is 0.462. The monoisotopic (exact) mass is 506 g/mol. The molecule has 1 aliphatic heterocycles. The molecule has 6 nitrogen and oxygen atoms in total. The molecule has 0 spiro atoms. The number of halogens is 2. The minimum Gasteiger partial charge on any atom is -0.466 e. The van der Waals surface area contributed by atoms with Gasteiger partial charge >= 0.3 is 5.97 Å². The van der Waals surface area contributed by atoms with E-state index in [0.29, 0.717) is 36.3 Å². The van der Waals surface area contributed by atoms with Crippen LogP contribution in [0.25, 0.3) is 0 Å². The maximum Gasteiger partial charge on any atom is 0.306 e. The molecule has 8 heteroatoms. The number of nitrogens with zero attached hydrogens (tertiary/aromatic N) is 2. The fourth-order valence-corrected chi connectivity index (χ4v) is 4.22. The Morgan fingerprint density at radius 2 is 1.44 bits per heavy atom. The molecule has 0 bridgehead atoms. The predicted molar refractivity (Wildman–Crippen MR) is 134 cm³/mol. The molecule has 0 saturated carbocycles. The van der Waals surface area contributed by atoms with Crippen molar-refractivity contribution in [1.29, 1.82) is 0 Å². The first kappa shape index (κ1) is 26.5. The van der Waals surface area contributed by atoms with Crippen molar-refractivity contribution in [2.75, 3.05) is 45.9 Å². The van der Waals surface area contributed by atoms with E-state index in [1.807, 2.05) is 53.4 Å². The van der Waals surface area contributed by atoms with Crippen LogP contribution in [0.15, 0.2) is 48.5 Å². The molecule has 0 radical (unpaired) electrons. The highest BCUT2D eigenvalue weighted by Crippen LogP contribution is 2.28. The standard InChI is InChI=1S/C26H32Cl2N2O4/c1-2-33-25(32)13-12-24(31)30-17-15-29(16-18-30)14-3-19-34-26(20-4-8-22(27)9-5-20)21-6-10-23(28)11-7-21/h4-11,26H,2-3,12-19H2,1H3. The van der Waals surface area contributed by atoms with E-state index in [9.17, 15) is 9.59 Å². The van der Waals surface area contributed by atoms with Gasteiger partial charge in [0.15, 0.2) is 0 Å². The largest absolute Gasteiger partial charge is 0.466 e. The maximum atomic E-state index is 12.3. The number of carbonyl (C=O) groups excluding carboxylic acids is 2. The Morgan fingerprint density at radius 3 is 1.97 bits per heavy atom. The Balaban J connectivity index is 1.42. The molecule has 0 N–H and O–H groups in total. The van der Waals surface area contributed by atoms with Gasteiger partial charge in [-0.25, -0.2) is 0 Å². The average Bonchev–Trinajstić information content (AvgIpc) is 2.85. The minimum absolute atomic E-state index is 0.0183. The molecule has 0 aliphatic carbocycles. The summed E-state index contributed by atoms with van der Waals surface area (Å²) in [4.78, 5) is 28.0. The first-order valence-corrected chi connectivity index (χ1v) is 12.5. The fourth-order valence-electron chi connectivity index (χ4n) is 3.97. The topological polar surface area (TPSA) is 59.1 Å². The Bertz CT molecular complexity index is 868. The van der Waals surface area contributed by atoms with E-state index < -0.39 is 0 Å². The number of rotatable bonds is 11. The molecule has 1 fully saturated rings. The second-order valence-electron chi connectivity index (χ2n) is 8.23. The molecule has 1 amide bonds. The molecular weight excluding hydrogens is 475 g/mol. The van der Waals surface area contributed by atoms with Crippen LogP contribution >= 0.6 is 23.2 Å². The maximum absolute atomic E-state index is 12.3. The zero-order valence-electron chi connectivity index (χ0n) is 19.6. The molecule has 1 saturated heterocycles. The van der Waals surface area contributed by atoms with Gasteiger partial charge in [-0.05, 0) is 48.7 Å². The number of carbonyl (C=O) groups is 2. The van der Waals surface area contributed by atoms with Crippen LogP contribution in [0.2, 0.25) is 10.0 Å². The van der Waals surface area contributed by atoms with E-state index in [1.165, 1.54) is 0 Å². The summed E-state index contributed by atoms with van der Waals surface area (Å²) in [6, 6.07) is 15.4. The SMILES string of the molecule is CCOC(=O)CCC(=O)N1CCN(CCCOC(c2ccc(Cl)cc2)c2ccc(Cl)cc2)CC1. The number of piperazine rings is 1. The van der Waals surface area contributed by atoms with Gasteiger partial charge in [0, 0.05) is 55.8 Å². The van der Waals surface area contributed by atoms with Crippen LogP contribution in [0.4, 0.5) is 0 Å². The summed E-state index contributed by atoms with van der Waals surface area (Å²) in [5.41, 5.74) is 2.09. The molecule has 2 aromatic rings. The van der Waals surface area contributed by atoms with Gasteiger partial charge in [0.2, 0.25) is 5.91 Å². The normalized spacial score (nSPS) is 14.4. The predicted octanol–water partition coefficient (Wildman–Crippen LogP) is 4.98. The third-order valence-corrected chi connectivity index (χ3v) is 6.33. The smallest absolute Gasteiger partial charge is 0.306 e. The Morgan fingerprint density at radius 1 is 0.882 bits per heavy atom. The molecule has 1 heterocycles. The molecule has 2 aromatic carbocycles. The Hall–Kier alpha value is -2.12. The minimum atomic E-state index is -0.315. The van der Waals surface area contributed by atoms with Crippen molar-refractivity contribution in [3.8, 4) is 0 Å². The van der Waals surface area contributed by atoms with Crippen LogP contribution in [0.1, 0.15) is 43.4 Å². The quantitative estimate of drug-likeness (QED) is 0.317. The molecule has 0 aromatic heterocycles. The number of hydrogen-bond acceptors (Lipinski definition) is 5. The Kier molecular flexibility index (Phi) is 10.7. The van der Waals surface area contributed by atoms with Gasteiger partial charge in [-0.15, -0.1) is 0 Å². The van der Waals surface area contributed by atoms with Crippen LogP contribution in [0.3, 0.4) is 0 Å². The van der Waals surface area contributed by atoms with Crippen molar-refractivity contribution >= 4 is 35.1 Å². The second kappa shape index (κ2) is 13.7. The van der Waals surface area contributed by atoms with Gasteiger partial charge in [-0.3, -0.25) is 14.5 Å². The number of ether oxygens (including phenoxy) is 2. The van der Waals surface area contributed by atoms with Crippen molar-refractivity contribution in [1.82, 2.24) is 9.80 Å². The molecule has 3 rings (SSSR count). The van der Waals surface area contributed by atoms with E-state index in [4.69, 9.17) is 32.7 Å². The zero-order valence-corrected chi connectivity index (χ0v) is 21.1. The summed E-state index contributed by atoms with van der Waals surface area (Å²) in [5.74, 6) is -0.296. The number of benzene rings is 2. The van der Waals surface area contributed by atoms with E-state index >= 15 is 0 Å². The summed E-state index contributed by atoms with van der Waals surface area (Å²) in [5, 5.41) is 1.38. The summed E-state index contributed by atoms with van der Waals surface area (Å²) in [6.45, 7) is 6.62. The molecule has 0 unspecified atom stereocenters. The van der Waals surface area contributed by atoms with Gasteiger partial charge in [0.25, 0.3) is 0 Å². The zero-order chi connectivity index (χ0) is 24.3. The van der Waals surface area contributed by atoms with E-state index in [2.05, 4.69) is 4.90 Å². The first-order valence-electron chi connectivity index (χ1n) is 11.7. The van der Waals surface area contributed by atoms with Gasteiger partial charge in [-0.1, -0.05) is 47.5 Å². The van der Waals surface area contributed by atoms with Crippen molar-refractivity contribution in [2.45, 2.75) is 32.3 Å². The highest BCUT2D eigenvalue weighted by Gasteiger charge is 2.22. The highest BCUT2D eigenvalue weighted by atomic mass is 35.5. The van der Waals surface area contributed by atoms with Crippen molar-refractivity contribution in [2.24, 2.45) is 0 Å². The van der Waals surface area contributed by atoms with Gasteiger partial charge in [0.05, 0.1) is 13.0 Å². The van der Waals surface area contributed by atoms with Crippen LogP contribution < -0.4 is 0 Å². The summed E-state index contributed by atoms with van der Waals surface area (Å²) >= 11 is 12.1. The third-order valence-electron chi connectivity index (χ3n) is 5.82. The van der Waals surface area contributed by atoms with Gasteiger partial charge in [-0.2, -0.15) is 0 Å². The second-order valence-corrected chi connectivity index (χ2v) is 9.11. The number of esters is 1. The third kappa shape index (κ3) is 8.27. The van der Waals surface area contributed by atoms with E-state index in [-0.39, 0.29) is 30.8 Å². The summed E-state index contributed by atoms with van der Waals surface area (Å²) in [6.07, 6.45) is 1.05. The number of hydrogen-bond donors (Lipinski definition) is 0. The lowest BCUT2D eigenvalue weighted by molar-refractivity contribution is -0.146. The first-order chi connectivity index (χ1) is 16.5. The van der Waals surface area contributed by atoms with Crippen LogP contribution in [-0.4, -0.2) is 67.6 Å². The number of amides is 1. The van der Waals surface area contributed by atoms with Crippen molar-refractivity contribution in [3.63, 3.8) is 0 Å².